The Hall–Kier alpha value is -2.84. The molecule has 0 bridgehead atoms. The summed E-state index contributed by atoms with van der Waals surface area (Å²) in [5.41, 5.74) is 11.8. The highest BCUT2D eigenvalue weighted by Crippen LogP contribution is 2.33. The average Bonchev–Trinajstić information content (AvgIpc) is 2.84. The van der Waals surface area contributed by atoms with Crippen LogP contribution in [0.4, 0.5) is 0 Å². The van der Waals surface area contributed by atoms with Crippen molar-refractivity contribution in [2.24, 2.45) is 5.92 Å². The van der Waals surface area contributed by atoms with Crippen molar-refractivity contribution in [2.75, 3.05) is 13.1 Å². The summed E-state index contributed by atoms with van der Waals surface area (Å²) in [6.07, 6.45) is 9.17. The van der Waals surface area contributed by atoms with Gasteiger partial charge in [-0.05, 0) is 112 Å². The molecule has 2 fully saturated rings. The third-order valence-corrected chi connectivity index (χ3v) is 7.93. The second kappa shape index (κ2) is 11.9. The molecule has 2 heterocycles. The smallest absolute Gasteiger partial charge is 0.0239 e. The van der Waals surface area contributed by atoms with Crippen molar-refractivity contribution in [1.82, 2.24) is 10.2 Å². The molecule has 2 saturated heterocycles. The Balaban J connectivity index is 1.40. The van der Waals surface area contributed by atoms with Crippen molar-refractivity contribution in [1.29, 1.82) is 0 Å². The van der Waals surface area contributed by atoms with Crippen molar-refractivity contribution < 1.29 is 0 Å². The van der Waals surface area contributed by atoms with Crippen LogP contribution in [0, 0.1) is 5.92 Å². The van der Waals surface area contributed by atoms with Gasteiger partial charge in [0.1, 0.15) is 0 Å². The second-order valence-electron chi connectivity index (χ2n) is 11.2. The zero-order chi connectivity index (χ0) is 25.7. The van der Waals surface area contributed by atoms with E-state index in [1.54, 1.807) is 0 Å². The molecule has 4 rings (SSSR count). The molecule has 2 heteroatoms. The number of nitrogens with zero attached hydrogens (tertiary/aromatic N) is 1. The highest BCUT2D eigenvalue weighted by molar-refractivity contribution is 5.65. The van der Waals surface area contributed by atoms with Gasteiger partial charge < -0.3 is 5.32 Å². The highest BCUT2D eigenvalue weighted by atomic mass is 15.1. The van der Waals surface area contributed by atoms with Crippen LogP contribution in [0.25, 0.3) is 11.6 Å². The van der Waals surface area contributed by atoms with Crippen molar-refractivity contribution in [3.8, 4) is 0 Å². The van der Waals surface area contributed by atoms with Crippen LogP contribution in [-0.4, -0.2) is 18.0 Å². The predicted molar refractivity (Wildman–Crippen MR) is 157 cm³/mol. The van der Waals surface area contributed by atoms with Gasteiger partial charge in [-0.2, -0.15) is 0 Å². The maximum Gasteiger partial charge on any atom is 0.0239 e. The van der Waals surface area contributed by atoms with Gasteiger partial charge in [0.2, 0.25) is 0 Å². The monoisotopic (exact) mass is 480 g/mol. The van der Waals surface area contributed by atoms with Gasteiger partial charge >= 0.3 is 0 Å². The van der Waals surface area contributed by atoms with E-state index in [1.165, 1.54) is 46.2 Å². The number of hydrogen-bond donors (Lipinski definition) is 1. The fourth-order valence-corrected chi connectivity index (χ4v) is 5.85. The summed E-state index contributed by atoms with van der Waals surface area (Å²) in [6.45, 7) is 22.4. The summed E-state index contributed by atoms with van der Waals surface area (Å²) in [4.78, 5) is 2.63. The fraction of sp³-hybridized carbons (Fsp3) is 0.412. The van der Waals surface area contributed by atoms with Gasteiger partial charge in [0.25, 0.3) is 0 Å². The van der Waals surface area contributed by atoms with E-state index in [2.05, 4.69) is 99.3 Å². The van der Waals surface area contributed by atoms with Gasteiger partial charge in [0.15, 0.2) is 0 Å². The Morgan fingerprint density at radius 3 is 2.44 bits per heavy atom. The molecule has 2 nitrogen and oxygen atoms in total. The van der Waals surface area contributed by atoms with Crippen LogP contribution in [-0.2, 0) is 13.0 Å². The number of hydrogen-bond acceptors (Lipinski definition) is 2. The standard InChI is InChI=1S/C34H44N2/c1-24(2)21-30-9-7-8-10-33(30)23-36-19-17-29(18-20-36)31-15-16-34(25(3)4)32(22-31)14-13-28-12-11-26(5)35-27(28)6/h7-10,15-16,21-22,28-29,35H,3,5-6,11-14,17-20,23H2,1-2,4H3. The first kappa shape index (κ1) is 26.2. The molecule has 2 aliphatic heterocycles. The molecule has 0 radical (unpaired) electrons. The van der Waals surface area contributed by atoms with Crippen LogP contribution in [0.1, 0.15) is 86.6 Å². The topological polar surface area (TPSA) is 15.3 Å². The fourth-order valence-electron chi connectivity index (χ4n) is 5.85. The van der Waals surface area contributed by atoms with Gasteiger partial charge in [-0.25, -0.2) is 0 Å². The normalized spacial score (nSPS) is 19.1. The lowest BCUT2D eigenvalue weighted by Gasteiger charge is -2.33. The number of piperidine rings is 2. The van der Waals surface area contributed by atoms with Gasteiger partial charge in [-0.15, -0.1) is 0 Å². The van der Waals surface area contributed by atoms with E-state index in [-0.39, 0.29) is 0 Å². The molecule has 190 valence electrons. The Bertz CT molecular complexity index is 1140. The third kappa shape index (κ3) is 6.68. The van der Waals surface area contributed by atoms with Crippen LogP contribution >= 0.6 is 0 Å². The molecular formula is C34H44N2. The number of nitrogens with one attached hydrogen (secondary N) is 1. The molecule has 0 saturated carbocycles. The van der Waals surface area contributed by atoms with Crippen LogP contribution in [0.3, 0.4) is 0 Å². The summed E-state index contributed by atoms with van der Waals surface area (Å²) in [7, 11) is 0. The van der Waals surface area contributed by atoms with E-state index >= 15 is 0 Å². The molecule has 0 amide bonds. The van der Waals surface area contributed by atoms with Crippen molar-refractivity contribution in [2.45, 2.75) is 71.8 Å². The quantitative estimate of drug-likeness (QED) is 0.407. The zero-order valence-electron chi connectivity index (χ0n) is 22.7. The minimum Gasteiger partial charge on any atom is -0.363 e. The SMILES string of the molecule is C=C1CCC(CCc2cc(C3CCN(Cc4ccccc4C=C(C)C)CC3)ccc2C(=C)C)C(=C)N1. The molecule has 1 atom stereocenters. The summed E-state index contributed by atoms with van der Waals surface area (Å²) in [5.74, 6) is 1.16. The molecule has 2 aromatic rings. The number of rotatable bonds is 8. The Kier molecular flexibility index (Phi) is 8.69. The van der Waals surface area contributed by atoms with E-state index < -0.39 is 0 Å². The lowest BCUT2D eigenvalue weighted by Crippen LogP contribution is -2.32. The van der Waals surface area contributed by atoms with Crippen LogP contribution in [0.15, 0.2) is 79.2 Å². The Morgan fingerprint density at radius 1 is 1.00 bits per heavy atom. The molecule has 2 aliphatic rings. The Labute approximate surface area is 219 Å². The summed E-state index contributed by atoms with van der Waals surface area (Å²) in [5, 5.41) is 3.39. The highest BCUT2D eigenvalue weighted by Gasteiger charge is 2.23. The number of allylic oxidation sites excluding steroid dienone is 4. The van der Waals surface area contributed by atoms with Crippen LogP contribution in [0.2, 0.25) is 0 Å². The van der Waals surface area contributed by atoms with E-state index in [9.17, 15) is 0 Å². The third-order valence-electron chi connectivity index (χ3n) is 7.93. The van der Waals surface area contributed by atoms with Gasteiger partial charge in [0, 0.05) is 17.9 Å². The summed E-state index contributed by atoms with van der Waals surface area (Å²) in [6, 6.07) is 16.0. The number of benzene rings is 2. The van der Waals surface area contributed by atoms with E-state index in [4.69, 9.17) is 0 Å². The first-order valence-corrected chi connectivity index (χ1v) is 13.7. The lowest BCUT2D eigenvalue weighted by atomic mass is 9.84. The first-order valence-electron chi connectivity index (χ1n) is 13.7. The predicted octanol–water partition coefficient (Wildman–Crippen LogP) is 8.48. The largest absolute Gasteiger partial charge is 0.363 e. The second-order valence-corrected chi connectivity index (χ2v) is 11.2. The molecule has 0 aliphatic carbocycles. The molecule has 36 heavy (non-hydrogen) atoms. The molecular weight excluding hydrogens is 436 g/mol. The molecule has 0 spiro atoms. The maximum atomic E-state index is 4.27. The Morgan fingerprint density at radius 2 is 1.75 bits per heavy atom. The zero-order valence-corrected chi connectivity index (χ0v) is 22.7. The maximum absolute atomic E-state index is 4.27. The lowest BCUT2D eigenvalue weighted by molar-refractivity contribution is 0.204. The van der Waals surface area contributed by atoms with Crippen molar-refractivity contribution in [3.63, 3.8) is 0 Å². The van der Waals surface area contributed by atoms with Gasteiger partial charge in [-0.1, -0.05) is 79.4 Å². The minimum absolute atomic E-state index is 0.523. The minimum atomic E-state index is 0.523. The summed E-state index contributed by atoms with van der Waals surface area (Å²) < 4.78 is 0. The van der Waals surface area contributed by atoms with Gasteiger partial charge in [-0.3, -0.25) is 4.90 Å². The molecule has 1 N–H and O–H groups in total. The number of likely N-dealkylation sites (tertiary alicyclic amines) is 1. The summed E-state index contributed by atoms with van der Waals surface area (Å²) >= 11 is 0. The average molecular weight is 481 g/mol. The molecule has 1 unspecified atom stereocenters. The first-order chi connectivity index (χ1) is 17.3. The van der Waals surface area contributed by atoms with Crippen LogP contribution in [0.5, 0.6) is 0 Å². The molecule has 2 aromatic carbocycles. The van der Waals surface area contributed by atoms with Crippen LogP contribution < -0.4 is 5.32 Å². The van der Waals surface area contributed by atoms with E-state index in [1.807, 2.05) is 0 Å². The number of aryl methyl sites for hydroxylation is 1. The van der Waals surface area contributed by atoms with E-state index in [0.29, 0.717) is 11.8 Å². The van der Waals surface area contributed by atoms with Crippen molar-refractivity contribution in [3.05, 3.63) is 107 Å². The van der Waals surface area contributed by atoms with Gasteiger partial charge in [0.05, 0.1) is 0 Å². The van der Waals surface area contributed by atoms with Crippen molar-refractivity contribution >= 4 is 11.6 Å². The molecule has 0 aromatic heterocycles. The van der Waals surface area contributed by atoms with E-state index in [0.717, 1.165) is 62.3 Å².